The van der Waals surface area contributed by atoms with E-state index in [9.17, 15) is 0 Å². The van der Waals surface area contributed by atoms with Gasteiger partial charge in [-0.1, -0.05) is 133 Å². The molecule has 9 aromatic rings. The number of thiophene rings is 1. The number of nitrogens with zero attached hydrogens (tertiary/aromatic N) is 1. The van der Waals surface area contributed by atoms with Gasteiger partial charge in [-0.15, -0.1) is 11.3 Å². The molecule has 0 saturated heterocycles. The van der Waals surface area contributed by atoms with Crippen LogP contribution in [0, 0.1) is 27.7 Å². The van der Waals surface area contributed by atoms with Crippen molar-refractivity contribution in [2.45, 2.75) is 27.7 Å². The zero-order chi connectivity index (χ0) is 36.8. The van der Waals surface area contributed by atoms with Crippen LogP contribution in [0.15, 0.2) is 176 Å². The highest BCUT2D eigenvalue weighted by Gasteiger charge is 2.21. The fourth-order valence-electron chi connectivity index (χ4n) is 8.22. The van der Waals surface area contributed by atoms with Gasteiger partial charge >= 0.3 is 0 Å². The SMILES string of the molecule is Cc1c(C)c(-c2ccc(N(c3ccc(-c4ccccc4)cc3)c3ccc(-c4ccccc4)cc3)cc2)c(C)c(-c2cccc3c2sc2ccccc23)c1C. The van der Waals surface area contributed by atoms with Gasteiger partial charge in [0, 0.05) is 42.8 Å². The van der Waals surface area contributed by atoms with E-state index in [2.05, 4.69) is 209 Å². The predicted molar refractivity (Wildman–Crippen MR) is 235 cm³/mol. The largest absolute Gasteiger partial charge is 0.311 e. The molecule has 1 heterocycles. The summed E-state index contributed by atoms with van der Waals surface area (Å²) in [5, 5.41) is 2.67. The number of anilines is 3. The maximum absolute atomic E-state index is 2.36. The summed E-state index contributed by atoms with van der Waals surface area (Å²) in [4.78, 5) is 2.36. The number of hydrogen-bond donors (Lipinski definition) is 0. The van der Waals surface area contributed by atoms with E-state index in [0.717, 1.165) is 17.1 Å². The molecule has 0 aliphatic heterocycles. The zero-order valence-electron chi connectivity index (χ0n) is 31.1. The van der Waals surface area contributed by atoms with Crippen LogP contribution >= 0.6 is 11.3 Å². The van der Waals surface area contributed by atoms with Gasteiger partial charge in [0.25, 0.3) is 0 Å². The molecule has 0 N–H and O–H groups in total. The second kappa shape index (κ2) is 14.0. The summed E-state index contributed by atoms with van der Waals surface area (Å²) in [6.45, 7) is 9.19. The minimum Gasteiger partial charge on any atom is -0.311 e. The van der Waals surface area contributed by atoms with Crippen molar-refractivity contribution in [3.05, 3.63) is 198 Å². The Morgan fingerprint density at radius 2 is 0.778 bits per heavy atom. The molecule has 0 amide bonds. The second-order valence-electron chi connectivity index (χ2n) is 14.2. The van der Waals surface area contributed by atoms with Crippen molar-refractivity contribution < 1.29 is 0 Å². The summed E-state index contributed by atoms with van der Waals surface area (Å²) in [6, 6.07) is 63.8. The Kier molecular flexibility index (Phi) is 8.69. The van der Waals surface area contributed by atoms with Crippen molar-refractivity contribution in [1.29, 1.82) is 0 Å². The smallest absolute Gasteiger partial charge is 0.0462 e. The predicted octanol–water partition coefficient (Wildman–Crippen LogP) is 15.4. The Balaban J connectivity index is 1.14. The van der Waals surface area contributed by atoms with Gasteiger partial charge in [-0.25, -0.2) is 0 Å². The van der Waals surface area contributed by atoms with Crippen molar-refractivity contribution in [3.63, 3.8) is 0 Å². The topological polar surface area (TPSA) is 3.24 Å². The van der Waals surface area contributed by atoms with E-state index in [1.54, 1.807) is 0 Å². The van der Waals surface area contributed by atoms with Crippen molar-refractivity contribution in [1.82, 2.24) is 0 Å². The van der Waals surface area contributed by atoms with Crippen LogP contribution < -0.4 is 4.90 Å². The standard InChI is InChI=1S/C52H41NS/c1-34-35(2)50(37(4)51(36(34)3)48-20-13-19-47-46-18-11-12-21-49(46)54-52(47)48)42-26-32-45(33-27-42)53(43-28-22-40(23-29-43)38-14-7-5-8-15-38)44-30-24-41(25-31-44)39-16-9-6-10-17-39/h5-33H,1-4H3. The monoisotopic (exact) mass is 711 g/mol. The quantitative estimate of drug-likeness (QED) is 0.159. The van der Waals surface area contributed by atoms with Crippen LogP contribution in [0.4, 0.5) is 17.1 Å². The summed E-state index contributed by atoms with van der Waals surface area (Å²) < 4.78 is 2.70. The molecule has 0 saturated carbocycles. The van der Waals surface area contributed by atoms with Crippen molar-refractivity contribution in [3.8, 4) is 44.5 Å². The molecule has 2 heteroatoms. The molecule has 0 bridgehead atoms. The first-order chi connectivity index (χ1) is 26.5. The summed E-state index contributed by atoms with van der Waals surface area (Å²) in [6.07, 6.45) is 0. The van der Waals surface area contributed by atoms with E-state index in [0.29, 0.717) is 0 Å². The van der Waals surface area contributed by atoms with Gasteiger partial charge in [-0.05, 0) is 131 Å². The van der Waals surface area contributed by atoms with Gasteiger partial charge in [0.2, 0.25) is 0 Å². The lowest BCUT2D eigenvalue weighted by Crippen LogP contribution is -2.10. The highest BCUT2D eigenvalue weighted by molar-refractivity contribution is 7.26. The Bertz CT molecular complexity index is 2680. The molecule has 1 nitrogen and oxygen atoms in total. The zero-order valence-corrected chi connectivity index (χ0v) is 31.9. The van der Waals surface area contributed by atoms with Crippen LogP contribution in [0.5, 0.6) is 0 Å². The van der Waals surface area contributed by atoms with Crippen LogP contribution in [-0.2, 0) is 0 Å². The van der Waals surface area contributed by atoms with Crippen LogP contribution in [0.3, 0.4) is 0 Å². The minimum atomic E-state index is 1.12. The lowest BCUT2D eigenvalue weighted by atomic mass is 9.83. The van der Waals surface area contributed by atoms with E-state index in [1.807, 2.05) is 11.3 Å². The lowest BCUT2D eigenvalue weighted by Gasteiger charge is -2.27. The minimum absolute atomic E-state index is 1.12. The third-order valence-corrected chi connectivity index (χ3v) is 12.4. The Morgan fingerprint density at radius 1 is 0.333 bits per heavy atom. The molecule has 260 valence electrons. The maximum Gasteiger partial charge on any atom is 0.0462 e. The second-order valence-corrected chi connectivity index (χ2v) is 15.3. The molecular formula is C52H41NS. The van der Waals surface area contributed by atoms with Gasteiger partial charge < -0.3 is 4.90 Å². The van der Waals surface area contributed by atoms with E-state index in [-0.39, 0.29) is 0 Å². The Hall–Kier alpha value is -6.22. The van der Waals surface area contributed by atoms with Crippen molar-refractivity contribution in [2.24, 2.45) is 0 Å². The molecule has 1 aromatic heterocycles. The summed E-state index contributed by atoms with van der Waals surface area (Å²) >= 11 is 1.91. The molecular weight excluding hydrogens is 671 g/mol. The van der Waals surface area contributed by atoms with Gasteiger partial charge in [0.1, 0.15) is 0 Å². The Morgan fingerprint density at radius 3 is 1.33 bits per heavy atom. The fraction of sp³-hybridized carbons (Fsp3) is 0.0769. The molecule has 0 atom stereocenters. The number of benzene rings is 8. The van der Waals surface area contributed by atoms with Crippen molar-refractivity contribution >= 4 is 48.6 Å². The molecule has 0 unspecified atom stereocenters. The molecule has 0 spiro atoms. The van der Waals surface area contributed by atoms with E-state index in [1.165, 1.54) is 86.9 Å². The first kappa shape index (κ1) is 33.6. The van der Waals surface area contributed by atoms with Crippen LogP contribution in [0.1, 0.15) is 22.3 Å². The van der Waals surface area contributed by atoms with Crippen LogP contribution in [-0.4, -0.2) is 0 Å². The van der Waals surface area contributed by atoms with E-state index < -0.39 is 0 Å². The van der Waals surface area contributed by atoms with Gasteiger partial charge in [-0.2, -0.15) is 0 Å². The van der Waals surface area contributed by atoms with Crippen molar-refractivity contribution in [2.75, 3.05) is 4.90 Å². The lowest BCUT2D eigenvalue weighted by molar-refractivity contribution is 1.24. The third kappa shape index (κ3) is 5.90. The first-order valence-corrected chi connectivity index (χ1v) is 19.5. The third-order valence-electron chi connectivity index (χ3n) is 11.2. The Labute approximate surface area is 322 Å². The molecule has 54 heavy (non-hydrogen) atoms. The average molecular weight is 712 g/mol. The highest BCUT2D eigenvalue weighted by Crippen LogP contribution is 2.46. The molecule has 0 aliphatic rings. The summed E-state index contributed by atoms with van der Waals surface area (Å²) in [5.74, 6) is 0. The molecule has 8 aromatic carbocycles. The normalized spacial score (nSPS) is 11.3. The molecule has 0 fully saturated rings. The number of hydrogen-bond acceptors (Lipinski definition) is 2. The molecule has 9 rings (SSSR count). The average Bonchev–Trinajstić information content (AvgIpc) is 3.62. The molecule has 0 radical (unpaired) electrons. The van der Waals surface area contributed by atoms with Crippen LogP contribution in [0.25, 0.3) is 64.7 Å². The number of fused-ring (bicyclic) bond motifs is 3. The molecule has 0 aliphatic carbocycles. The highest BCUT2D eigenvalue weighted by atomic mass is 32.1. The first-order valence-electron chi connectivity index (χ1n) is 18.7. The maximum atomic E-state index is 2.36. The van der Waals surface area contributed by atoms with Gasteiger partial charge in [0.15, 0.2) is 0 Å². The summed E-state index contributed by atoms with van der Waals surface area (Å²) in [7, 11) is 0. The van der Waals surface area contributed by atoms with E-state index >= 15 is 0 Å². The van der Waals surface area contributed by atoms with Gasteiger partial charge in [-0.3, -0.25) is 0 Å². The number of rotatable bonds is 7. The van der Waals surface area contributed by atoms with E-state index in [4.69, 9.17) is 0 Å². The van der Waals surface area contributed by atoms with Crippen LogP contribution in [0.2, 0.25) is 0 Å². The van der Waals surface area contributed by atoms with Gasteiger partial charge in [0.05, 0.1) is 0 Å². The fourth-order valence-corrected chi connectivity index (χ4v) is 9.44. The summed E-state index contributed by atoms with van der Waals surface area (Å²) in [5.41, 5.74) is 18.8.